The van der Waals surface area contributed by atoms with Crippen molar-refractivity contribution >= 4 is 31.9 Å². The van der Waals surface area contributed by atoms with Crippen LogP contribution in [-0.2, 0) is 10.8 Å². The van der Waals surface area contributed by atoms with Gasteiger partial charge in [0, 0.05) is 8.95 Å². The third kappa shape index (κ3) is 3.72. The Kier molecular flexibility index (Phi) is 6.35. The first-order valence-electron chi connectivity index (χ1n) is 15.7. The molecular formula is C44H28Br2. The fourth-order valence-corrected chi connectivity index (χ4v) is 8.95. The molecule has 2 aliphatic carbocycles. The van der Waals surface area contributed by atoms with Gasteiger partial charge in [-0.15, -0.1) is 0 Å². The first-order chi connectivity index (χ1) is 22.6. The van der Waals surface area contributed by atoms with Crippen molar-refractivity contribution in [3.8, 4) is 22.3 Å². The molecule has 0 heterocycles. The molecule has 9 rings (SSSR count). The molecular weight excluding hydrogens is 688 g/mol. The zero-order valence-corrected chi connectivity index (χ0v) is 28.1. The third-order valence-electron chi connectivity index (χ3n) is 10.2. The molecule has 0 unspecified atom stereocenters. The van der Waals surface area contributed by atoms with Crippen LogP contribution < -0.4 is 0 Å². The minimum absolute atomic E-state index is 0.442. The van der Waals surface area contributed by atoms with Gasteiger partial charge in [-0.3, -0.25) is 0 Å². The van der Waals surface area contributed by atoms with Crippen LogP contribution in [0.15, 0.2) is 179 Å². The lowest BCUT2D eigenvalue weighted by Gasteiger charge is -2.36. The van der Waals surface area contributed by atoms with E-state index >= 15 is 0 Å². The summed E-state index contributed by atoms with van der Waals surface area (Å²) in [5.74, 6) is 0. The molecule has 0 aliphatic heterocycles. The Morgan fingerprint density at radius 1 is 0.261 bits per heavy atom. The van der Waals surface area contributed by atoms with Crippen molar-refractivity contribution in [2.75, 3.05) is 0 Å². The van der Waals surface area contributed by atoms with Crippen molar-refractivity contribution in [2.45, 2.75) is 10.8 Å². The zero-order chi connectivity index (χ0) is 30.9. The second-order valence-corrected chi connectivity index (χ2v) is 14.1. The highest BCUT2D eigenvalue weighted by Crippen LogP contribution is 2.58. The van der Waals surface area contributed by atoms with Crippen molar-refractivity contribution in [2.24, 2.45) is 0 Å². The standard InChI is InChI=1S/C44H28Br2/c45-33-25-21-31(22-26-33)43(39-13-5-1-9-35(39)36-10-2-6-14-40(36)43)29-17-19-30(20-18-29)44(32-23-27-34(46)28-24-32)41-15-7-3-11-37(41)38-12-4-8-16-42(38)44/h1-28H. The maximum Gasteiger partial charge on any atom is 0.0713 e. The van der Waals surface area contributed by atoms with E-state index in [4.69, 9.17) is 0 Å². The summed E-state index contributed by atoms with van der Waals surface area (Å²) in [4.78, 5) is 0. The maximum absolute atomic E-state index is 3.69. The van der Waals surface area contributed by atoms with Gasteiger partial charge in [0.2, 0.25) is 0 Å². The number of hydrogen-bond donors (Lipinski definition) is 0. The van der Waals surface area contributed by atoms with E-state index in [0.717, 1.165) is 8.95 Å². The summed E-state index contributed by atoms with van der Waals surface area (Å²) in [7, 11) is 0. The number of benzene rings is 7. The minimum Gasteiger partial charge on any atom is -0.0619 e. The molecule has 0 N–H and O–H groups in total. The number of halogens is 2. The Bertz CT molecular complexity index is 2010. The van der Waals surface area contributed by atoms with Crippen LogP contribution in [-0.4, -0.2) is 0 Å². The summed E-state index contributed by atoms with van der Waals surface area (Å²) in [6.45, 7) is 0. The molecule has 0 spiro atoms. The van der Waals surface area contributed by atoms with E-state index in [0.29, 0.717) is 0 Å². The van der Waals surface area contributed by atoms with Gasteiger partial charge >= 0.3 is 0 Å². The number of fused-ring (bicyclic) bond motifs is 6. The van der Waals surface area contributed by atoms with E-state index in [-0.39, 0.29) is 0 Å². The summed E-state index contributed by atoms with van der Waals surface area (Å²) in [6, 6.07) is 63.1. The second-order valence-electron chi connectivity index (χ2n) is 12.3. The first-order valence-corrected chi connectivity index (χ1v) is 17.2. The highest BCUT2D eigenvalue weighted by atomic mass is 79.9. The Morgan fingerprint density at radius 3 is 0.739 bits per heavy atom. The van der Waals surface area contributed by atoms with Crippen LogP contribution >= 0.6 is 31.9 Å². The fraction of sp³-hybridized carbons (Fsp3) is 0.0455. The molecule has 0 radical (unpaired) electrons. The van der Waals surface area contributed by atoms with Gasteiger partial charge < -0.3 is 0 Å². The van der Waals surface area contributed by atoms with Gasteiger partial charge in [-0.2, -0.15) is 0 Å². The lowest BCUT2D eigenvalue weighted by atomic mass is 9.65. The molecule has 2 heteroatoms. The van der Waals surface area contributed by atoms with Gasteiger partial charge in [-0.25, -0.2) is 0 Å². The molecule has 0 amide bonds. The molecule has 7 aromatic rings. The van der Waals surface area contributed by atoms with Crippen LogP contribution in [0.5, 0.6) is 0 Å². The van der Waals surface area contributed by atoms with E-state index in [1.54, 1.807) is 0 Å². The third-order valence-corrected chi connectivity index (χ3v) is 11.3. The molecule has 0 saturated heterocycles. The Balaban J connectivity index is 1.33. The Morgan fingerprint density at radius 2 is 0.478 bits per heavy atom. The van der Waals surface area contributed by atoms with E-state index in [2.05, 4.69) is 202 Å². The van der Waals surface area contributed by atoms with E-state index in [1.807, 2.05) is 0 Å². The monoisotopic (exact) mass is 714 g/mol. The van der Waals surface area contributed by atoms with Gasteiger partial charge in [0.25, 0.3) is 0 Å². The summed E-state index contributed by atoms with van der Waals surface area (Å²) >= 11 is 7.39. The van der Waals surface area contributed by atoms with Gasteiger partial charge in [0.15, 0.2) is 0 Å². The van der Waals surface area contributed by atoms with Crippen molar-refractivity contribution in [3.05, 3.63) is 223 Å². The van der Waals surface area contributed by atoms with Crippen LogP contribution in [0.25, 0.3) is 22.3 Å². The van der Waals surface area contributed by atoms with Crippen LogP contribution in [0.4, 0.5) is 0 Å². The maximum atomic E-state index is 3.69. The molecule has 0 saturated carbocycles. The largest absolute Gasteiger partial charge is 0.0713 e. The molecule has 0 nitrogen and oxygen atoms in total. The molecule has 0 atom stereocenters. The van der Waals surface area contributed by atoms with Crippen molar-refractivity contribution in [1.82, 2.24) is 0 Å². The molecule has 46 heavy (non-hydrogen) atoms. The predicted octanol–water partition coefficient (Wildman–Crippen LogP) is 11.9. The summed E-state index contributed by atoms with van der Waals surface area (Å²) in [6.07, 6.45) is 0. The molecule has 218 valence electrons. The molecule has 0 fully saturated rings. The molecule has 2 aliphatic rings. The zero-order valence-electron chi connectivity index (χ0n) is 24.9. The highest BCUT2D eigenvalue weighted by molar-refractivity contribution is 9.10. The second kappa shape index (κ2) is 10.5. The van der Waals surface area contributed by atoms with Crippen molar-refractivity contribution in [3.63, 3.8) is 0 Å². The molecule has 0 aromatic heterocycles. The smallest absolute Gasteiger partial charge is 0.0619 e. The van der Waals surface area contributed by atoms with Gasteiger partial charge in [-0.1, -0.05) is 177 Å². The first kappa shape index (κ1) is 27.8. The Hall–Kier alpha value is -4.50. The lowest BCUT2D eigenvalue weighted by Crippen LogP contribution is -2.30. The fourth-order valence-electron chi connectivity index (χ4n) is 8.42. The van der Waals surface area contributed by atoms with E-state index < -0.39 is 10.8 Å². The van der Waals surface area contributed by atoms with Gasteiger partial charge in [0.1, 0.15) is 0 Å². The summed E-state index contributed by atoms with van der Waals surface area (Å²) in [5, 5.41) is 0. The minimum atomic E-state index is -0.442. The quantitative estimate of drug-likeness (QED) is 0.170. The van der Waals surface area contributed by atoms with Crippen molar-refractivity contribution < 1.29 is 0 Å². The molecule has 7 aromatic carbocycles. The van der Waals surface area contributed by atoms with E-state index in [1.165, 1.54) is 66.8 Å². The Labute approximate surface area is 286 Å². The lowest BCUT2D eigenvalue weighted by molar-refractivity contribution is 0.750. The van der Waals surface area contributed by atoms with Crippen LogP contribution in [0.1, 0.15) is 44.5 Å². The highest BCUT2D eigenvalue weighted by Gasteiger charge is 2.48. The number of hydrogen-bond acceptors (Lipinski definition) is 0. The normalized spacial score (nSPS) is 14.7. The number of rotatable bonds is 4. The van der Waals surface area contributed by atoms with Crippen LogP contribution in [0, 0.1) is 0 Å². The average molecular weight is 717 g/mol. The van der Waals surface area contributed by atoms with E-state index in [9.17, 15) is 0 Å². The van der Waals surface area contributed by atoms with Gasteiger partial charge in [0.05, 0.1) is 10.8 Å². The summed E-state index contributed by atoms with van der Waals surface area (Å²) in [5.41, 5.74) is 14.7. The van der Waals surface area contributed by atoms with Crippen molar-refractivity contribution in [1.29, 1.82) is 0 Å². The summed E-state index contributed by atoms with van der Waals surface area (Å²) < 4.78 is 2.16. The van der Waals surface area contributed by atoms with Crippen LogP contribution in [0.2, 0.25) is 0 Å². The SMILES string of the molecule is Brc1ccc(C2(c3ccc(C4(c5ccc(Br)cc5)c5ccccc5-c5ccccc54)cc3)c3ccccc3-c3ccccc32)cc1. The van der Waals surface area contributed by atoms with Gasteiger partial charge in [-0.05, 0) is 91.0 Å². The predicted molar refractivity (Wildman–Crippen MR) is 196 cm³/mol. The molecule has 0 bridgehead atoms. The van der Waals surface area contributed by atoms with Crippen LogP contribution in [0.3, 0.4) is 0 Å². The average Bonchev–Trinajstić information content (AvgIpc) is 3.58. The topological polar surface area (TPSA) is 0 Å².